The van der Waals surface area contributed by atoms with E-state index in [-0.39, 0.29) is 24.2 Å². The van der Waals surface area contributed by atoms with E-state index in [1.165, 1.54) is 0 Å². The molecule has 4 rings (SSSR count). The van der Waals surface area contributed by atoms with Gasteiger partial charge in [-0.3, -0.25) is 9.59 Å². The average molecular weight is 410 g/mol. The topological polar surface area (TPSA) is 77.1 Å². The summed E-state index contributed by atoms with van der Waals surface area (Å²) in [5.41, 5.74) is 1.85. The molecule has 2 aliphatic heterocycles. The van der Waals surface area contributed by atoms with E-state index in [1.807, 2.05) is 49.4 Å². The monoisotopic (exact) mass is 410 g/mol. The molecule has 0 radical (unpaired) electrons. The van der Waals surface area contributed by atoms with Crippen LogP contribution in [0.2, 0.25) is 0 Å². The zero-order chi connectivity index (χ0) is 20.9. The average Bonchev–Trinajstić information content (AvgIpc) is 3.16. The summed E-state index contributed by atoms with van der Waals surface area (Å²) < 4.78 is 16.6. The summed E-state index contributed by atoms with van der Waals surface area (Å²) in [7, 11) is 0. The molecular weight excluding hydrogens is 384 g/mol. The molecule has 2 heterocycles. The number of hydrogen-bond acceptors (Lipinski definition) is 5. The van der Waals surface area contributed by atoms with Gasteiger partial charge in [0.05, 0.1) is 12.5 Å². The second-order valence-corrected chi connectivity index (χ2v) is 7.35. The first kappa shape index (κ1) is 20.1. The molecule has 1 N–H and O–H groups in total. The lowest BCUT2D eigenvalue weighted by Crippen LogP contribution is -2.34. The Bertz CT molecular complexity index is 912. The van der Waals surface area contributed by atoms with Gasteiger partial charge in [-0.2, -0.15) is 0 Å². The minimum atomic E-state index is -0.343. The van der Waals surface area contributed by atoms with Crippen molar-refractivity contribution in [1.82, 2.24) is 5.32 Å². The van der Waals surface area contributed by atoms with Crippen LogP contribution in [-0.2, 0) is 16.0 Å². The summed E-state index contributed by atoms with van der Waals surface area (Å²) in [5, 5.41) is 2.96. The Morgan fingerprint density at radius 1 is 1.13 bits per heavy atom. The SMILES string of the molecule is CCOc1ccc(N2CC(C(=O)NCCc3ccc4c(c3)OCCO4)CC2=O)cc1. The van der Waals surface area contributed by atoms with Crippen LogP contribution in [0.3, 0.4) is 0 Å². The number of anilines is 1. The fraction of sp³-hybridized carbons (Fsp3) is 0.391. The molecule has 1 unspecified atom stereocenters. The van der Waals surface area contributed by atoms with Crippen molar-refractivity contribution >= 4 is 17.5 Å². The number of rotatable bonds is 7. The van der Waals surface area contributed by atoms with Gasteiger partial charge < -0.3 is 24.4 Å². The smallest absolute Gasteiger partial charge is 0.227 e. The van der Waals surface area contributed by atoms with Crippen LogP contribution < -0.4 is 24.4 Å². The summed E-state index contributed by atoms with van der Waals surface area (Å²) in [6.07, 6.45) is 0.911. The van der Waals surface area contributed by atoms with Gasteiger partial charge in [0, 0.05) is 25.2 Å². The molecule has 158 valence electrons. The van der Waals surface area contributed by atoms with Crippen LogP contribution >= 0.6 is 0 Å². The molecule has 7 nitrogen and oxygen atoms in total. The molecule has 2 aromatic carbocycles. The highest BCUT2D eigenvalue weighted by molar-refractivity contribution is 6.00. The zero-order valence-corrected chi connectivity index (χ0v) is 17.1. The second-order valence-electron chi connectivity index (χ2n) is 7.35. The van der Waals surface area contributed by atoms with Gasteiger partial charge in [0.15, 0.2) is 11.5 Å². The lowest BCUT2D eigenvalue weighted by atomic mass is 10.1. The van der Waals surface area contributed by atoms with Crippen molar-refractivity contribution in [3.63, 3.8) is 0 Å². The van der Waals surface area contributed by atoms with E-state index in [4.69, 9.17) is 14.2 Å². The molecule has 0 spiro atoms. The first-order valence-corrected chi connectivity index (χ1v) is 10.3. The van der Waals surface area contributed by atoms with Crippen LogP contribution in [0.25, 0.3) is 0 Å². The highest BCUT2D eigenvalue weighted by atomic mass is 16.6. The number of hydrogen-bond donors (Lipinski definition) is 1. The summed E-state index contributed by atoms with van der Waals surface area (Å²) >= 11 is 0. The quantitative estimate of drug-likeness (QED) is 0.759. The van der Waals surface area contributed by atoms with E-state index >= 15 is 0 Å². The highest BCUT2D eigenvalue weighted by Gasteiger charge is 2.34. The summed E-state index contributed by atoms with van der Waals surface area (Å²) in [5.74, 6) is 1.80. The van der Waals surface area contributed by atoms with E-state index in [0.29, 0.717) is 39.3 Å². The fourth-order valence-corrected chi connectivity index (χ4v) is 3.74. The first-order valence-electron chi connectivity index (χ1n) is 10.3. The highest BCUT2D eigenvalue weighted by Crippen LogP contribution is 2.31. The van der Waals surface area contributed by atoms with E-state index in [2.05, 4.69) is 5.32 Å². The van der Waals surface area contributed by atoms with Gasteiger partial charge in [-0.1, -0.05) is 6.07 Å². The van der Waals surface area contributed by atoms with Crippen molar-refractivity contribution in [2.45, 2.75) is 19.8 Å². The number of nitrogens with zero attached hydrogens (tertiary/aromatic N) is 1. The third-order valence-corrected chi connectivity index (χ3v) is 5.27. The summed E-state index contributed by atoms with van der Waals surface area (Å²) in [6, 6.07) is 13.2. The van der Waals surface area contributed by atoms with Crippen LogP contribution in [0.15, 0.2) is 42.5 Å². The maximum absolute atomic E-state index is 12.6. The van der Waals surface area contributed by atoms with Crippen molar-refractivity contribution < 1.29 is 23.8 Å². The molecule has 0 saturated carbocycles. The van der Waals surface area contributed by atoms with Crippen molar-refractivity contribution in [2.24, 2.45) is 5.92 Å². The molecule has 0 aromatic heterocycles. The van der Waals surface area contributed by atoms with Crippen LogP contribution in [0.5, 0.6) is 17.2 Å². The standard InChI is InChI=1S/C23H26N2O5/c1-2-28-19-6-4-18(5-7-19)25-15-17(14-22(25)26)23(27)24-10-9-16-3-8-20-21(13-16)30-12-11-29-20/h3-8,13,17H,2,9-12,14-15H2,1H3,(H,24,27). The number of nitrogens with one attached hydrogen (secondary N) is 1. The maximum atomic E-state index is 12.6. The lowest BCUT2D eigenvalue weighted by molar-refractivity contribution is -0.126. The molecule has 1 fully saturated rings. The predicted molar refractivity (Wildman–Crippen MR) is 112 cm³/mol. The molecule has 30 heavy (non-hydrogen) atoms. The Morgan fingerprint density at radius 3 is 2.67 bits per heavy atom. The molecule has 1 atom stereocenters. The molecule has 1 saturated heterocycles. The first-order chi connectivity index (χ1) is 14.6. The van der Waals surface area contributed by atoms with Crippen molar-refractivity contribution in [2.75, 3.05) is 37.8 Å². The minimum Gasteiger partial charge on any atom is -0.494 e. The number of amides is 2. The van der Waals surface area contributed by atoms with E-state index in [1.54, 1.807) is 4.90 Å². The molecule has 0 aliphatic carbocycles. The van der Waals surface area contributed by atoms with E-state index in [9.17, 15) is 9.59 Å². The number of benzene rings is 2. The van der Waals surface area contributed by atoms with Gasteiger partial charge in [-0.05, 0) is 55.3 Å². The van der Waals surface area contributed by atoms with Crippen LogP contribution in [0, 0.1) is 5.92 Å². The van der Waals surface area contributed by atoms with E-state index < -0.39 is 0 Å². The largest absolute Gasteiger partial charge is 0.494 e. The van der Waals surface area contributed by atoms with Gasteiger partial charge in [0.1, 0.15) is 19.0 Å². The number of ether oxygens (including phenoxy) is 3. The Kier molecular flexibility index (Phi) is 6.07. The third-order valence-electron chi connectivity index (χ3n) is 5.27. The van der Waals surface area contributed by atoms with Gasteiger partial charge in [-0.15, -0.1) is 0 Å². The van der Waals surface area contributed by atoms with Crippen LogP contribution in [-0.4, -0.2) is 44.7 Å². The Labute approximate surface area is 175 Å². The van der Waals surface area contributed by atoms with Gasteiger partial charge in [0.2, 0.25) is 11.8 Å². The normalized spacial score (nSPS) is 17.7. The van der Waals surface area contributed by atoms with Crippen LogP contribution in [0.1, 0.15) is 18.9 Å². The second kappa shape index (κ2) is 9.07. The molecule has 2 aromatic rings. The van der Waals surface area contributed by atoms with Crippen molar-refractivity contribution in [3.05, 3.63) is 48.0 Å². The maximum Gasteiger partial charge on any atom is 0.227 e. The number of carbonyl (C=O) groups excluding carboxylic acids is 2. The molecule has 7 heteroatoms. The molecule has 0 bridgehead atoms. The minimum absolute atomic E-state index is 0.0360. The molecular formula is C23H26N2O5. The van der Waals surface area contributed by atoms with Crippen LogP contribution in [0.4, 0.5) is 5.69 Å². The summed E-state index contributed by atoms with van der Waals surface area (Å²) in [6.45, 7) is 4.53. The molecule has 2 aliphatic rings. The Balaban J connectivity index is 1.28. The van der Waals surface area contributed by atoms with Gasteiger partial charge in [-0.25, -0.2) is 0 Å². The number of carbonyl (C=O) groups is 2. The number of fused-ring (bicyclic) bond motifs is 1. The van der Waals surface area contributed by atoms with Crippen molar-refractivity contribution in [3.8, 4) is 17.2 Å². The predicted octanol–water partition coefficient (Wildman–Crippen LogP) is 2.57. The Morgan fingerprint density at radius 2 is 1.90 bits per heavy atom. The van der Waals surface area contributed by atoms with Gasteiger partial charge in [0.25, 0.3) is 0 Å². The Hall–Kier alpha value is -3.22. The lowest BCUT2D eigenvalue weighted by Gasteiger charge is -2.19. The third kappa shape index (κ3) is 4.50. The van der Waals surface area contributed by atoms with E-state index in [0.717, 1.165) is 28.5 Å². The molecule has 2 amide bonds. The van der Waals surface area contributed by atoms with Crippen molar-refractivity contribution in [1.29, 1.82) is 0 Å². The summed E-state index contributed by atoms with van der Waals surface area (Å²) in [4.78, 5) is 26.7. The zero-order valence-electron chi connectivity index (χ0n) is 17.1. The fourth-order valence-electron chi connectivity index (χ4n) is 3.74. The van der Waals surface area contributed by atoms with Gasteiger partial charge >= 0.3 is 0 Å².